The van der Waals surface area contributed by atoms with E-state index in [0.717, 1.165) is 30.0 Å². The zero-order valence-electron chi connectivity index (χ0n) is 13.6. The van der Waals surface area contributed by atoms with Crippen LogP contribution in [0, 0.1) is 18.8 Å². The van der Waals surface area contributed by atoms with Crippen molar-refractivity contribution in [3.63, 3.8) is 0 Å². The summed E-state index contributed by atoms with van der Waals surface area (Å²) in [7, 11) is 0. The van der Waals surface area contributed by atoms with Gasteiger partial charge in [0.15, 0.2) is 0 Å². The molecule has 2 heterocycles. The SMILES string of the molecule is CCOC(=O)c1c(NC(=O)C(C)C2CNC2)sc(C)c1CC. The molecule has 122 valence electrons. The number of ether oxygens (including phenoxy) is 1. The topological polar surface area (TPSA) is 67.4 Å². The molecule has 5 nitrogen and oxygen atoms in total. The van der Waals surface area contributed by atoms with Crippen LogP contribution in [-0.2, 0) is 16.0 Å². The standard InChI is InChI=1S/C16H24N2O3S/c1-5-12-10(4)22-15(13(12)16(20)21-6-2)18-14(19)9(3)11-7-17-8-11/h9,11,17H,5-8H2,1-4H3,(H,18,19). The first kappa shape index (κ1) is 17.0. The van der Waals surface area contributed by atoms with Gasteiger partial charge in [-0.15, -0.1) is 11.3 Å². The monoisotopic (exact) mass is 324 g/mol. The molecular weight excluding hydrogens is 300 g/mol. The Balaban J connectivity index is 2.22. The zero-order chi connectivity index (χ0) is 16.3. The summed E-state index contributed by atoms with van der Waals surface area (Å²) in [6.45, 7) is 9.78. The fourth-order valence-corrected chi connectivity index (χ4v) is 3.75. The molecule has 6 heteroatoms. The zero-order valence-corrected chi connectivity index (χ0v) is 14.4. The van der Waals surface area contributed by atoms with Gasteiger partial charge in [0, 0.05) is 10.8 Å². The molecule has 1 amide bonds. The van der Waals surface area contributed by atoms with Crippen LogP contribution in [0.4, 0.5) is 5.00 Å². The molecule has 0 radical (unpaired) electrons. The first-order chi connectivity index (χ1) is 10.5. The number of amides is 1. The third-order valence-corrected chi connectivity index (χ3v) is 5.28. The van der Waals surface area contributed by atoms with Gasteiger partial charge in [-0.1, -0.05) is 13.8 Å². The third-order valence-electron chi connectivity index (χ3n) is 4.21. The summed E-state index contributed by atoms with van der Waals surface area (Å²) in [6.07, 6.45) is 0.744. The van der Waals surface area contributed by atoms with Crippen LogP contribution < -0.4 is 10.6 Å². The number of rotatable bonds is 6. The summed E-state index contributed by atoms with van der Waals surface area (Å²) in [5, 5.41) is 6.75. The lowest BCUT2D eigenvalue weighted by atomic mass is 9.88. The van der Waals surface area contributed by atoms with Gasteiger partial charge in [-0.2, -0.15) is 0 Å². The average Bonchev–Trinajstić information content (AvgIpc) is 2.72. The summed E-state index contributed by atoms with van der Waals surface area (Å²) in [5.74, 6) is -0.0700. The number of thiophene rings is 1. The van der Waals surface area contributed by atoms with Gasteiger partial charge in [0.25, 0.3) is 0 Å². The van der Waals surface area contributed by atoms with E-state index in [1.807, 2.05) is 20.8 Å². The van der Waals surface area contributed by atoms with Crippen molar-refractivity contribution in [1.29, 1.82) is 0 Å². The molecule has 0 aromatic carbocycles. The molecule has 0 spiro atoms. The highest BCUT2D eigenvalue weighted by Crippen LogP contribution is 2.34. The molecule has 2 N–H and O–H groups in total. The number of nitrogens with one attached hydrogen (secondary N) is 2. The normalized spacial score (nSPS) is 16.0. The second-order valence-corrected chi connectivity index (χ2v) is 6.84. The van der Waals surface area contributed by atoms with Crippen molar-refractivity contribution >= 4 is 28.2 Å². The molecule has 0 saturated carbocycles. The minimum atomic E-state index is -0.350. The predicted molar refractivity (Wildman–Crippen MR) is 88.5 cm³/mol. The lowest BCUT2D eigenvalue weighted by molar-refractivity contribution is -0.121. The molecule has 1 fully saturated rings. The Morgan fingerprint density at radius 1 is 1.41 bits per heavy atom. The van der Waals surface area contributed by atoms with Crippen molar-refractivity contribution in [2.75, 3.05) is 25.0 Å². The smallest absolute Gasteiger partial charge is 0.341 e. The molecule has 1 aliphatic heterocycles. The number of carbonyl (C=O) groups is 2. The van der Waals surface area contributed by atoms with Crippen LogP contribution in [0.5, 0.6) is 0 Å². The van der Waals surface area contributed by atoms with E-state index in [4.69, 9.17) is 4.74 Å². The van der Waals surface area contributed by atoms with E-state index in [1.54, 1.807) is 6.92 Å². The van der Waals surface area contributed by atoms with Crippen LogP contribution in [0.25, 0.3) is 0 Å². The van der Waals surface area contributed by atoms with Crippen LogP contribution in [0.3, 0.4) is 0 Å². The number of aryl methyl sites for hydroxylation is 1. The summed E-state index contributed by atoms with van der Waals surface area (Å²) < 4.78 is 5.15. The lowest BCUT2D eigenvalue weighted by Crippen LogP contribution is -2.48. The van der Waals surface area contributed by atoms with E-state index in [9.17, 15) is 9.59 Å². The van der Waals surface area contributed by atoms with E-state index in [-0.39, 0.29) is 17.8 Å². The van der Waals surface area contributed by atoms with Crippen LogP contribution in [-0.4, -0.2) is 31.6 Å². The Labute approximate surface area is 135 Å². The maximum absolute atomic E-state index is 12.4. The van der Waals surface area contributed by atoms with Crippen LogP contribution in [0.1, 0.15) is 41.6 Å². The highest BCUT2D eigenvalue weighted by Gasteiger charge is 2.30. The summed E-state index contributed by atoms with van der Waals surface area (Å²) in [4.78, 5) is 25.7. The van der Waals surface area contributed by atoms with Crippen molar-refractivity contribution in [3.05, 3.63) is 16.0 Å². The summed E-state index contributed by atoms with van der Waals surface area (Å²) in [6, 6.07) is 0. The van der Waals surface area contributed by atoms with Crippen molar-refractivity contribution in [3.8, 4) is 0 Å². The van der Waals surface area contributed by atoms with Gasteiger partial charge in [-0.3, -0.25) is 4.79 Å². The molecule has 1 aromatic heterocycles. The first-order valence-corrected chi connectivity index (χ1v) is 8.62. The fraction of sp³-hybridized carbons (Fsp3) is 0.625. The number of hydrogen-bond donors (Lipinski definition) is 2. The molecule has 1 atom stereocenters. The van der Waals surface area contributed by atoms with E-state index in [1.165, 1.54) is 11.3 Å². The number of hydrogen-bond acceptors (Lipinski definition) is 5. The molecule has 0 bridgehead atoms. The lowest BCUT2D eigenvalue weighted by Gasteiger charge is -2.31. The predicted octanol–water partition coefficient (Wildman–Crippen LogP) is 2.59. The number of carbonyl (C=O) groups excluding carboxylic acids is 2. The Morgan fingerprint density at radius 3 is 2.59 bits per heavy atom. The van der Waals surface area contributed by atoms with E-state index >= 15 is 0 Å². The van der Waals surface area contributed by atoms with E-state index < -0.39 is 0 Å². The maximum atomic E-state index is 12.4. The van der Waals surface area contributed by atoms with Gasteiger partial charge in [0.1, 0.15) is 5.00 Å². The fourth-order valence-electron chi connectivity index (χ4n) is 2.62. The van der Waals surface area contributed by atoms with Gasteiger partial charge in [-0.05, 0) is 44.8 Å². The van der Waals surface area contributed by atoms with Gasteiger partial charge in [0.2, 0.25) is 5.91 Å². The Bertz CT molecular complexity index is 564. The van der Waals surface area contributed by atoms with Crippen molar-refractivity contribution in [2.24, 2.45) is 11.8 Å². The van der Waals surface area contributed by atoms with Crippen LogP contribution >= 0.6 is 11.3 Å². The molecule has 22 heavy (non-hydrogen) atoms. The van der Waals surface area contributed by atoms with Crippen LogP contribution in [0.15, 0.2) is 0 Å². The second-order valence-electron chi connectivity index (χ2n) is 5.61. The number of anilines is 1. The third kappa shape index (κ3) is 3.33. The molecular formula is C16H24N2O3S. The highest BCUT2D eigenvalue weighted by atomic mass is 32.1. The number of esters is 1. The van der Waals surface area contributed by atoms with Crippen LogP contribution in [0.2, 0.25) is 0 Å². The molecule has 1 aliphatic rings. The van der Waals surface area contributed by atoms with Crippen molar-refractivity contribution < 1.29 is 14.3 Å². The Hall–Kier alpha value is -1.40. The minimum absolute atomic E-state index is 0.0269. The summed E-state index contributed by atoms with van der Waals surface area (Å²) in [5.41, 5.74) is 1.50. The van der Waals surface area contributed by atoms with Gasteiger partial charge in [0.05, 0.1) is 12.2 Å². The van der Waals surface area contributed by atoms with E-state index in [0.29, 0.717) is 23.1 Å². The van der Waals surface area contributed by atoms with E-state index in [2.05, 4.69) is 10.6 Å². The van der Waals surface area contributed by atoms with Gasteiger partial charge < -0.3 is 15.4 Å². The maximum Gasteiger partial charge on any atom is 0.341 e. The minimum Gasteiger partial charge on any atom is -0.462 e. The first-order valence-electron chi connectivity index (χ1n) is 7.80. The molecule has 2 rings (SSSR count). The molecule has 1 saturated heterocycles. The Morgan fingerprint density at radius 2 is 2.09 bits per heavy atom. The quantitative estimate of drug-likeness (QED) is 0.789. The second kappa shape index (κ2) is 7.24. The highest BCUT2D eigenvalue weighted by molar-refractivity contribution is 7.16. The average molecular weight is 324 g/mol. The molecule has 0 aliphatic carbocycles. The van der Waals surface area contributed by atoms with Crippen molar-refractivity contribution in [1.82, 2.24) is 5.32 Å². The largest absolute Gasteiger partial charge is 0.462 e. The summed E-state index contributed by atoms with van der Waals surface area (Å²) >= 11 is 1.45. The molecule has 1 aromatic rings. The van der Waals surface area contributed by atoms with Gasteiger partial charge in [-0.25, -0.2) is 4.79 Å². The van der Waals surface area contributed by atoms with Crippen molar-refractivity contribution in [2.45, 2.75) is 34.1 Å². The Kier molecular flexibility index (Phi) is 5.58. The van der Waals surface area contributed by atoms with Gasteiger partial charge >= 0.3 is 5.97 Å². The molecule has 1 unspecified atom stereocenters.